The summed E-state index contributed by atoms with van der Waals surface area (Å²) in [5.74, 6) is 0. The van der Waals surface area contributed by atoms with Crippen LogP contribution in [-0.4, -0.2) is 6.21 Å². The fraction of sp³-hybridized carbons (Fsp3) is 0.278. The molecule has 1 unspecified atom stereocenters. The highest BCUT2D eigenvalue weighted by atomic mass is 35.5. The molecule has 2 heteroatoms. The van der Waals surface area contributed by atoms with Crippen molar-refractivity contribution >= 4 is 23.5 Å². The lowest BCUT2D eigenvalue weighted by Crippen LogP contribution is -2.33. The molecule has 0 saturated carbocycles. The molecular weight excluding hydrogens is 266 g/mol. The van der Waals surface area contributed by atoms with Crippen LogP contribution in [0.25, 0.3) is 0 Å². The van der Waals surface area contributed by atoms with E-state index in [4.69, 9.17) is 11.6 Å². The van der Waals surface area contributed by atoms with E-state index in [9.17, 15) is 0 Å². The van der Waals surface area contributed by atoms with Crippen molar-refractivity contribution in [1.82, 2.24) is 0 Å². The normalized spacial score (nSPS) is 22.9. The van der Waals surface area contributed by atoms with Crippen LogP contribution in [0.5, 0.6) is 0 Å². The monoisotopic (exact) mass is 281 g/mol. The molecule has 0 fully saturated rings. The van der Waals surface area contributed by atoms with Crippen molar-refractivity contribution in [3.8, 4) is 0 Å². The molecule has 1 nitrogen and oxygen atoms in total. The number of nitrogens with zero attached hydrogens (tertiary/aromatic N) is 1. The van der Waals surface area contributed by atoms with Gasteiger partial charge in [-0.2, -0.15) is 0 Å². The van der Waals surface area contributed by atoms with Gasteiger partial charge < -0.3 is 0 Å². The first-order valence-corrected chi connectivity index (χ1v) is 7.53. The van der Waals surface area contributed by atoms with E-state index in [1.807, 2.05) is 6.07 Å². The average molecular weight is 282 g/mol. The SMILES string of the molecule is Cc1c(Cl)ccc2c1C1(C=Nc3ccccc31)CCC2. The van der Waals surface area contributed by atoms with Gasteiger partial charge >= 0.3 is 0 Å². The Morgan fingerprint density at radius 3 is 2.90 bits per heavy atom. The lowest BCUT2D eigenvalue weighted by molar-refractivity contribution is 0.553. The van der Waals surface area contributed by atoms with Crippen LogP contribution in [0.4, 0.5) is 5.69 Å². The van der Waals surface area contributed by atoms with Gasteiger partial charge in [0.15, 0.2) is 0 Å². The van der Waals surface area contributed by atoms with Crippen molar-refractivity contribution in [3.63, 3.8) is 0 Å². The van der Waals surface area contributed by atoms with E-state index in [1.165, 1.54) is 28.7 Å². The van der Waals surface area contributed by atoms with Crippen molar-refractivity contribution in [2.75, 3.05) is 0 Å². The Bertz CT molecular complexity index is 732. The van der Waals surface area contributed by atoms with Gasteiger partial charge in [0.25, 0.3) is 0 Å². The molecule has 0 radical (unpaired) electrons. The second-order valence-corrected chi connectivity index (χ2v) is 6.21. The number of para-hydroxylation sites is 1. The van der Waals surface area contributed by atoms with E-state index in [-0.39, 0.29) is 5.41 Å². The first-order valence-electron chi connectivity index (χ1n) is 7.15. The molecule has 1 heterocycles. The molecule has 2 aromatic rings. The minimum Gasteiger partial charge on any atom is -0.260 e. The van der Waals surface area contributed by atoms with Gasteiger partial charge in [-0.05, 0) is 60.6 Å². The number of hydrogen-bond acceptors (Lipinski definition) is 1. The van der Waals surface area contributed by atoms with E-state index in [2.05, 4.69) is 48.5 Å². The number of benzene rings is 2. The molecule has 1 atom stereocenters. The minimum atomic E-state index is -0.0564. The maximum absolute atomic E-state index is 6.39. The van der Waals surface area contributed by atoms with Crippen molar-refractivity contribution in [1.29, 1.82) is 0 Å². The van der Waals surface area contributed by atoms with Crippen LogP contribution in [0.3, 0.4) is 0 Å². The van der Waals surface area contributed by atoms with Gasteiger partial charge in [-0.1, -0.05) is 35.9 Å². The fourth-order valence-electron chi connectivity index (χ4n) is 3.87. The summed E-state index contributed by atoms with van der Waals surface area (Å²) in [6.45, 7) is 2.14. The van der Waals surface area contributed by atoms with Crippen molar-refractivity contribution in [2.24, 2.45) is 4.99 Å². The van der Waals surface area contributed by atoms with Gasteiger partial charge in [0.2, 0.25) is 0 Å². The maximum Gasteiger partial charge on any atom is 0.0671 e. The molecule has 0 bridgehead atoms. The third-order valence-electron chi connectivity index (χ3n) is 4.76. The fourth-order valence-corrected chi connectivity index (χ4v) is 4.02. The molecule has 2 aromatic carbocycles. The topological polar surface area (TPSA) is 12.4 Å². The van der Waals surface area contributed by atoms with E-state index in [0.29, 0.717) is 0 Å². The molecule has 2 aliphatic rings. The van der Waals surface area contributed by atoms with E-state index in [1.54, 1.807) is 0 Å². The number of hydrogen-bond donors (Lipinski definition) is 0. The second kappa shape index (κ2) is 4.20. The highest BCUT2D eigenvalue weighted by Crippen LogP contribution is 2.50. The van der Waals surface area contributed by atoms with Crippen LogP contribution in [0.1, 0.15) is 35.1 Å². The Labute approximate surface area is 124 Å². The molecule has 0 saturated heterocycles. The van der Waals surface area contributed by atoms with Crippen LogP contribution in [-0.2, 0) is 11.8 Å². The first kappa shape index (κ1) is 12.2. The van der Waals surface area contributed by atoms with Crippen LogP contribution in [0, 0.1) is 6.92 Å². The summed E-state index contributed by atoms with van der Waals surface area (Å²) in [6.07, 6.45) is 5.63. The van der Waals surface area contributed by atoms with Crippen LogP contribution in [0.2, 0.25) is 5.02 Å². The zero-order chi connectivity index (χ0) is 13.7. The van der Waals surface area contributed by atoms with Crippen LogP contribution in [0.15, 0.2) is 41.4 Å². The lowest BCUT2D eigenvalue weighted by atomic mass is 9.66. The zero-order valence-corrected chi connectivity index (χ0v) is 12.2. The Kier molecular flexibility index (Phi) is 2.55. The molecule has 0 aromatic heterocycles. The van der Waals surface area contributed by atoms with E-state index >= 15 is 0 Å². The van der Waals surface area contributed by atoms with E-state index in [0.717, 1.165) is 23.6 Å². The summed E-state index contributed by atoms with van der Waals surface area (Å²) in [6, 6.07) is 12.7. The summed E-state index contributed by atoms with van der Waals surface area (Å²) in [4.78, 5) is 4.68. The molecule has 1 aliphatic carbocycles. The highest BCUT2D eigenvalue weighted by Gasteiger charge is 2.42. The number of aliphatic imine (C=N–C) groups is 1. The number of fused-ring (bicyclic) bond motifs is 4. The van der Waals surface area contributed by atoms with Gasteiger partial charge in [-0.25, -0.2) is 0 Å². The van der Waals surface area contributed by atoms with Crippen molar-refractivity contribution in [2.45, 2.75) is 31.6 Å². The molecule has 100 valence electrons. The first-order chi connectivity index (χ1) is 9.72. The van der Waals surface area contributed by atoms with Crippen LogP contribution >= 0.6 is 11.6 Å². The van der Waals surface area contributed by atoms with Crippen LogP contribution < -0.4 is 0 Å². The average Bonchev–Trinajstić information content (AvgIpc) is 2.83. The number of aryl methyl sites for hydroxylation is 1. The molecule has 0 N–H and O–H groups in total. The van der Waals surface area contributed by atoms with Gasteiger partial charge in [-0.15, -0.1) is 0 Å². The smallest absolute Gasteiger partial charge is 0.0671 e. The standard InChI is InChI=1S/C18H16ClN/c1-12-15(19)9-8-13-5-4-10-18(17(12)13)11-20-16-7-3-2-6-14(16)18/h2-3,6-9,11H,4-5,10H2,1H3. The largest absolute Gasteiger partial charge is 0.260 e. The quantitative estimate of drug-likeness (QED) is 0.645. The molecule has 0 amide bonds. The zero-order valence-electron chi connectivity index (χ0n) is 11.5. The van der Waals surface area contributed by atoms with Gasteiger partial charge in [0.1, 0.15) is 0 Å². The molecular formula is C18H16ClN. The van der Waals surface area contributed by atoms with Crippen molar-refractivity contribution in [3.05, 3.63) is 63.7 Å². The van der Waals surface area contributed by atoms with Crippen molar-refractivity contribution < 1.29 is 0 Å². The third kappa shape index (κ3) is 1.47. The number of rotatable bonds is 0. The van der Waals surface area contributed by atoms with Gasteiger partial charge in [0, 0.05) is 11.2 Å². The summed E-state index contributed by atoms with van der Waals surface area (Å²) < 4.78 is 0. The molecule has 1 aliphatic heterocycles. The van der Waals surface area contributed by atoms with E-state index < -0.39 is 0 Å². The molecule has 1 spiro atoms. The predicted octanol–water partition coefficient (Wildman–Crippen LogP) is 4.99. The number of halogens is 1. The predicted molar refractivity (Wildman–Crippen MR) is 84.5 cm³/mol. The van der Waals surface area contributed by atoms with Gasteiger partial charge in [-0.3, -0.25) is 4.99 Å². The molecule has 4 rings (SSSR count). The summed E-state index contributed by atoms with van der Waals surface area (Å²) >= 11 is 6.39. The lowest BCUT2D eigenvalue weighted by Gasteiger charge is -2.36. The highest BCUT2D eigenvalue weighted by molar-refractivity contribution is 6.31. The maximum atomic E-state index is 6.39. The third-order valence-corrected chi connectivity index (χ3v) is 5.17. The Hall–Kier alpha value is -1.60. The Balaban J connectivity index is 2.05. The Morgan fingerprint density at radius 2 is 2.00 bits per heavy atom. The molecule has 20 heavy (non-hydrogen) atoms. The summed E-state index contributed by atoms with van der Waals surface area (Å²) in [7, 11) is 0. The van der Waals surface area contributed by atoms with Gasteiger partial charge in [0.05, 0.1) is 11.1 Å². The minimum absolute atomic E-state index is 0.0564. The summed E-state index contributed by atoms with van der Waals surface area (Å²) in [5.41, 5.74) is 6.43. The Morgan fingerprint density at radius 1 is 1.15 bits per heavy atom. The summed E-state index contributed by atoms with van der Waals surface area (Å²) in [5, 5.41) is 0.864. The second-order valence-electron chi connectivity index (χ2n) is 5.81.